The van der Waals surface area contributed by atoms with Gasteiger partial charge in [-0.05, 0) is 61.8 Å². The fraction of sp³-hybridized carbons (Fsp3) is 0.316. The van der Waals surface area contributed by atoms with Crippen LogP contribution in [0.2, 0.25) is 0 Å². The number of hydrogen-bond donors (Lipinski definition) is 1. The van der Waals surface area contributed by atoms with Gasteiger partial charge in [0.05, 0.1) is 10.8 Å². The number of isothiocyanates is 1. The Morgan fingerprint density at radius 1 is 1.09 bits per heavy atom. The molecule has 0 saturated heterocycles. The Hall–Kier alpha value is -1.96. The van der Waals surface area contributed by atoms with Crippen LogP contribution in [0.15, 0.2) is 53.5 Å². The summed E-state index contributed by atoms with van der Waals surface area (Å²) in [7, 11) is 0. The predicted octanol–water partition coefficient (Wildman–Crippen LogP) is 5.32. The summed E-state index contributed by atoms with van der Waals surface area (Å²) in [6, 6.07) is 16.9. The maximum atomic E-state index is 4.74. The van der Waals surface area contributed by atoms with E-state index in [0.717, 1.165) is 12.1 Å². The molecule has 1 aliphatic heterocycles. The van der Waals surface area contributed by atoms with E-state index < -0.39 is 0 Å². The molecule has 0 spiro atoms. The molecule has 0 aromatic heterocycles. The maximum Gasteiger partial charge on any atom is 0.0744 e. The lowest BCUT2D eigenvalue weighted by Crippen LogP contribution is -2.45. The highest BCUT2D eigenvalue weighted by Gasteiger charge is 2.41. The van der Waals surface area contributed by atoms with Gasteiger partial charge >= 0.3 is 0 Å². The first-order valence-corrected chi connectivity index (χ1v) is 7.92. The molecule has 2 nitrogen and oxygen atoms in total. The number of hydrogen-bond acceptors (Lipinski definition) is 3. The van der Waals surface area contributed by atoms with Crippen molar-refractivity contribution in [2.75, 3.05) is 5.32 Å². The van der Waals surface area contributed by atoms with Crippen LogP contribution in [0.5, 0.6) is 0 Å². The molecule has 1 N–H and O–H groups in total. The summed E-state index contributed by atoms with van der Waals surface area (Å²) in [6.07, 6.45) is 1.02. The smallest absolute Gasteiger partial charge is 0.0744 e. The van der Waals surface area contributed by atoms with Gasteiger partial charge in [-0.25, -0.2) is 0 Å². The zero-order valence-corrected chi connectivity index (χ0v) is 14.0. The molecule has 0 fully saturated rings. The predicted molar refractivity (Wildman–Crippen MR) is 96.3 cm³/mol. The first-order valence-electron chi connectivity index (χ1n) is 7.51. The van der Waals surface area contributed by atoms with E-state index in [1.54, 1.807) is 0 Å². The third kappa shape index (κ3) is 2.58. The highest BCUT2D eigenvalue weighted by molar-refractivity contribution is 7.78. The first-order chi connectivity index (χ1) is 10.4. The van der Waals surface area contributed by atoms with Gasteiger partial charge in [-0.2, -0.15) is 4.99 Å². The molecule has 1 atom stereocenters. The molecule has 0 saturated carbocycles. The summed E-state index contributed by atoms with van der Waals surface area (Å²) in [4.78, 5) is 4.15. The molecular weight excluding hydrogens is 288 g/mol. The van der Waals surface area contributed by atoms with E-state index in [9.17, 15) is 0 Å². The van der Waals surface area contributed by atoms with E-state index in [0.29, 0.717) is 0 Å². The lowest BCUT2D eigenvalue weighted by molar-refractivity contribution is 0.378. The summed E-state index contributed by atoms with van der Waals surface area (Å²) in [5.41, 5.74) is 4.60. The van der Waals surface area contributed by atoms with Crippen molar-refractivity contribution in [1.29, 1.82) is 0 Å². The van der Waals surface area contributed by atoms with Crippen molar-refractivity contribution >= 4 is 28.8 Å². The third-order valence-electron chi connectivity index (χ3n) is 4.45. The Balaban J connectivity index is 2.23. The van der Waals surface area contributed by atoms with E-state index in [1.807, 2.05) is 6.07 Å². The molecule has 0 radical (unpaired) electrons. The monoisotopic (exact) mass is 308 g/mol. The van der Waals surface area contributed by atoms with Gasteiger partial charge in [0.2, 0.25) is 0 Å². The van der Waals surface area contributed by atoms with Crippen LogP contribution in [0.3, 0.4) is 0 Å². The van der Waals surface area contributed by atoms with Gasteiger partial charge < -0.3 is 5.32 Å². The minimum absolute atomic E-state index is 0.0342. The molecular formula is C19H20N2S. The van der Waals surface area contributed by atoms with Gasteiger partial charge in [-0.15, -0.1) is 0 Å². The molecule has 2 aromatic rings. The van der Waals surface area contributed by atoms with Crippen LogP contribution in [0.25, 0.3) is 0 Å². The number of anilines is 1. The molecule has 1 heterocycles. The Morgan fingerprint density at radius 3 is 2.50 bits per heavy atom. The standard InChI is InChI=1S/C19H20N2S/c1-18(2)12-19(3,14-7-5-4-6-8-14)16-11-15(20-13-22)9-10-17(16)21-18/h4-11,21H,12H2,1-3H3/t19-/m1/s1. The number of nitrogens with one attached hydrogen (secondary N) is 1. The molecule has 0 unspecified atom stereocenters. The average molecular weight is 308 g/mol. The largest absolute Gasteiger partial charge is 0.380 e. The third-order valence-corrected chi connectivity index (χ3v) is 4.54. The van der Waals surface area contributed by atoms with Gasteiger partial charge in [0, 0.05) is 16.6 Å². The van der Waals surface area contributed by atoms with Crippen molar-refractivity contribution < 1.29 is 0 Å². The molecule has 112 valence electrons. The number of thiocarbonyl (C=S) groups is 1. The van der Waals surface area contributed by atoms with Crippen molar-refractivity contribution in [3.05, 3.63) is 59.7 Å². The van der Waals surface area contributed by atoms with Gasteiger partial charge in [0.1, 0.15) is 0 Å². The lowest BCUT2D eigenvalue weighted by atomic mass is 9.66. The molecule has 3 heteroatoms. The second-order valence-corrected chi connectivity index (χ2v) is 7.00. The van der Waals surface area contributed by atoms with Crippen molar-refractivity contribution in [3.8, 4) is 0 Å². The van der Waals surface area contributed by atoms with Crippen LogP contribution in [-0.2, 0) is 5.41 Å². The van der Waals surface area contributed by atoms with Gasteiger partial charge in [-0.1, -0.05) is 37.3 Å². The van der Waals surface area contributed by atoms with Gasteiger partial charge in [0.15, 0.2) is 0 Å². The molecule has 2 aromatic carbocycles. The summed E-state index contributed by atoms with van der Waals surface area (Å²) in [5.74, 6) is 0. The highest BCUT2D eigenvalue weighted by atomic mass is 32.1. The summed E-state index contributed by atoms with van der Waals surface area (Å²) < 4.78 is 0. The summed E-state index contributed by atoms with van der Waals surface area (Å²) in [5, 5.41) is 6.10. The maximum absolute atomic E-state index is 4.74. The van der Waals surface area contributed by atoms with E-state index in [-0.39, 0.29) is 11.0 Å². The fourth-order valence-corrected chi connectivity index (χ4v) is 3.78. The average Bonchev–Trinajstić information content (AvgIpc) is 2.48. The quantitative estimate of drug-likeness (QED) is 0.599. The van der Waals surface area contributed by atoms with E-state index in [1.165, 1.54) is 16.8 Å². The second kappa shape index (κ2) is 5.35. The van der Waals surface area contributed by atoms with E-state index in [4.69, 9.17) is 12.2 Å². The molecule has 0 aliphatic carbocycles. The minimum atomic E-state index is -0.0572. The summed E-state index contributed by atoms with van der Waals surface area (Å²) >= 11 is 4.74. The number of fused-ring (bicyclic) bond motifs is 1. The SMILES string of the molecule is CC1(C)C[C@](C)(c2ccccc2)c2cc(N=C=S)ccc2N1. The van der Waals surface area contributed by atoms with Crippen LogP contribution in [0.4, 0.5) is 11.4 Å². The number of rotatable bonds is 2. The Labute approximate surface area is 137 Å². The van der Waals surface area contributed by atoms with Crippen LogP contribution < -0.4 is 5.32 Å². The topological polar surface area (TPSA) is 24.4 Å². The molecule has 1 aliphatic rings. The Kier molecular flexibility index (Phi) is 3.64. The van der Waals surface area contributed by atoms with Crippen molar-refractivity contribution in [2.45, 2.75) is 38.1 Å². The van der Waals surface area contributed by atoms with Crippen LogP contribution in [0, 0.1) is 0 Å². The van der Waals surface area contributed by atoms with Gasteiger partial charge in [-0.3, -0.25) is 0 Å². The zero-order valence-electron chi connectivity index (χ0n) is 13.2. The molecule has 3 rings (SSSR count). The molecule has 22 heavy (non-hydrogen) atoms. The van der Waals surface area contributed by atoms with Crippen LogP contribution >= 0.6 is 12.2 Å². The highest BCUT2D eigenvalue weighted by Crippen LogP contribution is 2.48. The second-order valence-electron chi connectivity index (χ2n) is 6.82. The van der Waals surface area contributed by atoms with E-state index in [2.05, 4.69) is 78.7 Å². The van der Waals surface area contributed by atoms with Crippen LogP contribution in [0.1, 0.15) is 38.3 Å². The van der Waals surface area contributed by atoms with Gasteiger partial charge in [0.25, 0.3) is 0 Å². The molecule has 0 amide bonds. The number of nitrogens with zero attached hydrogens (tertiary/aromatic N) is 1. The van der Waals surface area contributed by atoms with Crippen molar-refractivity contribution in [2.24, 2.45) is 4.99 Å². The molecule has 0 bridgehead atoms. The zero-order chi connectivity index (χ0) is 15.8. The van der Waals surface area contributed by atoms with Crippen molar-refractivity contribution in [3.63, 3.8) is 0 Å². The first kappa shape index (κ1) is 15.0. The van der Waals surface area contributed by atoms with Crippen molar-refractivity contribution in [1.82, 2.24) is 0 Å². The Morgan fingerprint density at radius 2 is 1.82 bits per heavy atom. The number of benzene rings is 2. The number of aliphatic imine (C=N–C) groups is 1. The van der Waals surface area contributed by atoms with E-state index >= 15 is 0 Å². The minimum Gasteiger partial charge on any atom is -0.380 e. The Bertz CT molecular complexity index is 745. The lowest BCUT2D eigenvalue weighted by Gasteiger charge is -2.46. The normalized spacial score (nSPS) is 22.1. The van der Waals surface area contributed by atoms with Crippen LogP contribution in [-0.4, -0.2) is 10.7 Å². The summed E-state index contributed by atoms with van der Waals surface area (Å²) in [6.45, 7) is 6.81. The fourth-order valence-electron chi connectivity index (χ4n) is 3.67.